The molecule has 0 saturated heterocycles. The summed E-state index contributed by atoms with van der Waals surface area (Å²) < 4.78 is 1.89. The van der Waals surface area contributed by atoms with Gasteiger partial charge in [-0.25, -0.2) is 0 Å². The molecule has 2 aromatic rings. The van der Waals surface area contributed by atoms with Gasteiger partial charge < -0.3 is 5.32 Å². The summed E-state index contributed by atoms with van der Waals surface area (Å²) in [5.74, 6) is 0.0273. The van der Waals surface area contributed by atoms with Crippen LogP contribution in [0.1, 0.15) is 49.0 Å². The molecule has 122 valence electrons. The highest BCUT2D eigenvalue weighted by Crippen LogP contribution is 2.21. The van der Waals surface area contributed by atoms with Gasteiger partial charge in [0.15, 0.2) is 17.4 Å². The minimum absolute atomic E-state index is 0.0273. The van der Waals surface area contributed by atoms with Gasteiger partial charge in [-0.15, -0.1) is 11.3 Å². The molecule has 1 unspecified atom stereocenters. The second kappa shape index (κ2) is 7.32. The minimum Gasteiger partial charge on any atom is -0.374 e. The van der Waals surface area contributed by atoms with Gasteiger partial charge >= 0.3 is 0 Å². The highest BCUT2D eigenvalue weighted by molar-refractivity contribution is 7.80. The second-order valence-corrected chi connectivity index (χ2v) is 7.81. The first-order valence-electron chi connectivity index (χ1n) is 7.71. The van der Waals surface area contributed by atoms with Crippen LogP contribution >= 0.6 is 23.6 Å². The van der Waals surface area contributed by atoms with Crippen LogP contribution in [0, 0.1) is 0 Å². The van der Waals surface area contributed by atoms with E-state index in [1.807, 2.05) is 41.4 Å². The van der Waals surface area contributed by atoms with Gasteiger partial charge in [-0.3, -0.25) is 4.79 Å². The molecule has 2 heterocycles. The van der Waals surface area contributed by atoms with Gasteiger partial charge in [0.2, 0.25) is 5.78 Å². The van der Waals surface area contributed by atoms with Crippen LogP contribution in [0.5, 0.6) is 0 Å². The van der Waals surface area contributed by atoms with Crippen LogP contribution in [-0.2, 0) is 5.41 Å². The molecule has 1 atom stereocenters. The van der Waals surface area contributed by atoms with E-state index in [1.54, 1.807) is 0 Å². The third-order valence-corrected chi connectivity index (χ3v) is 4.88. The number of hydrogen-bond acceptors (Lipinski definition) is 3. The first kappa shape index (κ1) is 17.8. The molecule has 0 fully saturated rings. The number of pyridine rings is 1. The Labute approximate surface area is 147 Å². The number of nitrogens with zero attached hydrogens (tertiary/aromatic N) is 1. The zero-order valence-corrected chi connectivity index (χ0v) is 15.6. The lowest BCUT2D eigenvalue weighted by atomic mass is 9.88. The SMILES string of the molecule is CCNC(=S)C(C(=O)c1cccs1)[n+]1ccc(C(C)(C)C)cc1. The molecule has 1 N–H and O–H groups in total. The number of likely N-dealkylation sites (N-methyl/N-ethyl adjacent to an activating group) is 1. The molecule has 23 heavy (non-hydrogen) atoms. The molecule has 3 nitrogen and oxygen atoms in total. The Morgan fingerprint density at radius 3 is 2.43 bits per heavy atom. The van der Waals surface area contributed by atoms with E-state index >= 15 is 0 Å². The van der Waals surface area contributed by atoms with Crippen LogP contribution in [0.15, 0.2) is 42.0 Å². The fraction of sp³-hybridized carbons (Fsp3) is 0.389. The number of hydrogen-bond donors (Lipinski definition) is 1. The molecule has 5 heteroatoms. The number of aromatic nitrogens is 1. The Balaban J connectivity index is 2.37. The molecule has 0 aliphatic carbocycles. The van der Waals surface area contributed by atoms with E-state index in [0.717, 1.165) is 4.88 Å². The van der Waals surface area contributed by atoms with Gasteiger partial charge in [-0.1, -0.05) is 39.1 Å². The van der Waals surface area contributed by atoms with Crippen molar-refractivity contribution in [1.29, 1.82) is 0 Å². The Kier molecular flexibility index (Phi) is 5.65. The standard InChI is InChI=1S/C18H22N2OS2/c1-5-19-17(22)15(16(21)14-7-6-12-23-14)20-10-8-13(9-11-20)18(2,3)4/h6-12,15H,5H2,1-4H3/p+1. The maximum Gasteiger partial charge on any atom is 0.271 e. The van der Waals surface area contributed by atoms with Gasteiger partial charge in [0.1, 0.15) is 0 Å². The van der Waals surface area contributed by atoms with Crippen molar-refractivity contribution in [2.45, 2.75) is 39.2 Å². The van der Waals surface area contributed by atoms with E-state index in [4.69, 9.17) is 12.2 Å². The highest BCUT2D eigenvalue weighted by Gasteiger charge is 2.33. The molecule has 0 saturated carbocycles. The maximum atomic E-state index is 12.9. The molecular formula is C18H23N2OS2+. The molecule has 0 radical (unpaired) electrons. The van der Waals surface area contributed by atoms with Crippen molar-refractivity contribution in [2.24, 2.45) is 0 Å². The van der Waals surface area contributed by atoms with Crippen molar-refractivity contribution in [3.63, 3.8) is 0 Å². The van der Waals surface area contributed by atoms with Crippen LogP contribution in [0.3, 0.4) is 0 Å². The van der Waals surface area contributed by atoms with E-state index in [9.17, 15) is 4.79 Å². The first-order valence-corrected chi connectivity index (χ1v) is 9.00. The van der Waals surface area contributed by atoms with E-state index < -0.39 is 6.04 Å². The van der Waals surface area contributed by atoms with Gasteiger partial charge in [-0.05, 0) is 29.3 Å². The molecule has 0 spiro atoms. The third kappa shape index (κ3) is 4.24. The Morgan fingerprint density at radius 2 is 1.96 bits per heavy atom. The number of thiophene rings is 1. The Hall–Kier alpha value is -1.59. The predicted octanol–water partition coefficient (Wildman–Crippen LogP) is 3.69. The lowest BCUT2D eigenvalue weighted by Crippen LogP contribution is -2.51. The summed E-state index contributed by atoms with van der Waals surface area (Å²) in [6.07, 6.45) is 3.89. The number of thiocarbonyl (C=S) groups is 1. The smallest absolute Gasteiger partial charge is 0.271 e. The fourth-order valence-corrected chi connectivity index (χ4v) is 3.39. The van der Waals surface area contributed by atoms with Gasteiger partial charge in [-0.2, -0.15) is 4.57 Å². The van der Waals surface area contributed by atoms with E-state index in [2.05, 4.69) is 38.2 Å². The molecule has 2 rings (SSSR count). The zero-order valence-electron chi connectivity index (χ0n) is 14.0. The van der Waals surface area contributed by atoms with Crippen molar-refractivity contribution in [2.75, 3.05) is 6.54 Å². The van der Waals surface area contributed by atoms with Crippen molar-refractivity contribution in [3.05, 3.63) is 52.5 Å². The zero-order chi connectivity index (χ0) is 17.0. The van der Waals surface area contributed by atoms with Gasteiger partial charge in [0.25, 0.3) is 6.04 Å². The number of Topliss-reactive ketones (excluding diaryl/α,β-unsaturated/α-hetero) is 1. The average molecular weight is 348 g/mol. The largest absolute Gasteiger partial charge is 0.374 e. The van der Waals surface area contributed by atoms with E-state index in [1.165, 1.54) is 16.9 Å². The van der Waals surface area contributed by atoms with E-state index in [-0.39, 0.29) is 11.2 Å². The van der Waals surface area contributed by atoms with Gasteiger partial charge in [0, 0.05) is 18.7 Å². The summed E-state index contributed by atoms with van der Waals surface area (Å²) in [4.78, 5) is 14.1. The lowest BCUT2D eigenvalue weighted by Gasteiger charge is -2.19. The van der Waals surface area contributed by atoms with Crippen LogP contribution in [0.25, 0.3) is 0 Å². The van der Waals surface area contributed by atoms with Gasteiger partial charge in [0.05, 0.1) is 4.88 Å². The Bertz CT molecular complexity index is 670. The topological polar surface area (TPSA) is 33.0 Å². The highest BCUT2D eigenvalue weighted by atomic mass is 32.1. The van der Waals surface area contributed by atoms with E-state index in [0.29, 0.717) is 11.5 Å². The molecule has 2 aromatic heterocycles. The number of nitrogens with one attached hydrogen (secondary N) is 1. The number of carbonyl (C=O) groups is 1. The van der Waals surface area contributed by atoms with Crippen LogP contribution < -0.4 is 9.88 Å². The van der Waals surface area contributed by atoms with Crippen molar-refractivity contribution < 1.29 is 9.36 Å². The quantitative estimate of drug-likeness (QED) is 0.509. The summed E-state index contributed by atoms with van der Waals surface area (Å²) in [7, 11) is 0. The molecule has 0 aliphatic heterocycles. The number of carbonyl (C=O) groups excluding carboxylic acids is 1. The molecule has 0 aliphatic rings. The first-order chi connectivity index (χ1) is 10.8. The Morgan fingerprint density at radius 1 is 1.30 bits per heavy atom. The monoisotopic (exact) mass is 347 g/mol. The number of rotatable bonds is 5. The summed E-state index contributed by atoms with van der Waals surface area (Å²) in [5, 5.41) is 5.04. The molecular weight excluding hydrogens is 324 g/mol. The van der Waals surface area contributed by atoms with Crippen LogP contribution in [-0.4, -0.2) is 17.3 Å². The fourth-order valence-electron chi connectivity index (χ4n) is 2.32. The molecule has 0 amide bonds. The molecule has 0 aromatic carbocycles. The van der Waals surface area contributed by atoms with Crippen LogP contribution in [0.4, 0.5) is 0 Å². The van der Waals surface area contributed by atoms with Crippen molar-refractivity contribution in [1.82, 2.24) is 5.32 Å². The predicted molar refractivity (Wildman–Crippen MR) is 99.3 cm³/mol. The summed E-state index contributed by atoms with van der Waals surface area (Å²) >= 11 is 6.91. The maximum absolute atomic E-state index is 12.9. The molecule has 0 bridgehead atoms. The third-order valence-electron chi connectivity index (χ3n) is 3.63. The second-order valence-electron chi connectivity index (χ2n) is 6.42. The van der Waals surface area contributed by atoms with Crippen molar-refractivity contribution >= 4 is 34.3 Å². The lowest BCUT2D eigenvalue weighted by molar-refractivity contribution is -0.692. The normalized spacial score (nSPS) is 12.7. The minimum atomic E-state index is -0.502. The number of ketones is 1. The average Bonchev–Trinajstić information content (AvgIpc) is 3.01. The summed E-state index contributed by atoms with van der Waals surface area (Å²) in [6, 6.07) is 7.35. The summed E-state index contributed by atoms with van der Waals surface area (Å²) in [5.41, 5.74) is 1.31. The van der Waals surface area contributed by atoms with Crippen molar-refractivity contribution in [3.8, 4) is 0 Å². The van der Waals surface area contributed by atoms with Crippen LogP contribution in [0.2, 0.25) is 0 Å². The summed E-state index contributed by atoms with van der Waals surface area (Å²) in [6.45, 7) is 9.19.